The molecule has 0 atom stereocenters. The summed E-state index contributed by atoms with van der Waals surface area (Å²) in [6, 6.07) is 17.0. The molecule has 0 bridgehead atoms. The second-order valence-corrected chi connectivity index (χ2v) is 7.03. The molecule has 0 saturated carbocycles. The van der Waals surface area contributed by atoms with Crippen LogP contribution in [0.25, 0.3) is 10.9 Å². The van der Waals surface area contributed by atoms with Crippen LogP contribution < -0.4 is 10.3 Å². The first-order valence-electron chi connectivity index (χ1n) is 7.85. The Labute approximate surface area is 150 Å². The molecule has 0 spiro atoms. The molecule has 1 N–H and O–H groups in total. The summed E-state index contributed by atoms with van der Waals surface area (Å²) in [6.45, 7) is 0.691. The van der Waals surface area contributed by atoms with E-state index in [2.05, 4.69) is 4.98 Å². The smallest absolute Gasteiger partial charge is 0.248 e. The second kappa shape index (κ2) is 8.27. The normalized spacial score (nSPS) is 10.9. The van der Waals surface area contributed by atoms with E-state index in [0.29, 0.717) is 6.61 Å². The van der Waals surface area contributed by atoms with Crippen molar-refractivity contribution in [3.05, 3.63) is 70.0 Å². The molecule has 0 aliphatic heterocycles. The zero-order valence-corrected chi connectivity index (χ0v) is 14.7. The number of ether oxygens (including phenoxy) is 1. The summed E-state index contributed by atoms with van der Waals surface area (Å²) < 4.78 is 5.79. The minimum Gasteiger partial charge on any atom is -0.494 e. The zero-order valence-electron chi connectivity index (χ0n) is 13.1. The molecule has 0 aliphatic rings. The van der Waals surface area contributed by atoms with Gasteiger partial charge in [-0.15, -0.1) is 11.8 Å². The van der Waals surface area contributed by atoms with Gasteiger partial charge >= 0.3 is 0 Å². The van der Waals surface area contributed by atoms with Gasteiger partial charge in [-0.3, -0.25) is 4.79 Å². The average Bonchev–Trinajstić information content (AvgIpc) is 2.59. The minimum absolute atomic E-state index is 0.0886. The predicted octanol–water partition coefficient (Wildman–Crippen LogP) is 5.13. The molecule has 0 saturated heterocycles. The summed E-state index contributed by atoms with van der Waals surface area (Å²) in [4.78, 5) is 15.3. The van der Waals surface area contributed by atoms with Crippen LogP contribution in [-0.4, -0.2) is 17.3 Å². The number of fused-ring (bicyclic) bond motifs is 1. The summed E-state index contributed by atoms with van der Waals surface area (Å²) in [5.74, 6) is 1.89. The van der Waals surface area contributed by atoms with Gasteiger partial charge in [-0.1, -0.05) is 11.6 Å². The number of aromatic nitrogens is 1. The van der Waals surface area contributed by atoms with Gasteiger partial charge in [-0.2, -0.15) is 0 Å². The Hall–Kier alpha value is -1.91. The Balaban J connectivity index is 1.41. The van der Waals surface area contributed by atoms with Gasteiger partial charge < -0.3 is 9.72 Å². The van der Waals surface area contributed by atoms with E-state index in [1.807, 2.05) is 60.3 Å². The van der Waals surface area contributed by atoms with Crippen molar-refractivity contribution < 1.29 is 4.74 Å². The van der Waals surface area contributed by atoms with Crippen molar-refractivity contribution in [2.24, 2.45) is 0 Å². The van der Waals surface area contributed by atoms with E-state index in [9.17, 15) is 4.79 Å². The van der Waals surface area contributed by atoms with Gasteiger partial charge in [0.25, 0.3) is 0 Å². The second-order valence-electron chi connectivity index (χ2n) is 5.43. The Morgan fingerprint density at radius 3 is 2.67 bits per heavy atom. The van der Waals surface area contributed by atoms with Crippen LogP contribution in [0.3, 0.4) is 0 Å². The highest BCUT2D eigenvalue weighted by atomic mass is 35.5. The lowest BCUT2D eigenvalue weighted by atomic mass is 10.2. The molecule has 5 heteroatoms. The van der Waals surface area contributed by atoms with E-state index in [4.69, 9.17) is 16.3 Å². The minimum atomic E-state index is -0.0886. The van der Waals surface area contributed by atoms with Crippen molar-refractivity contribution in [2.75, 3.05) is 12.4 Å². The Kier molecular flexibility index (Phi) is 5.83. The third kappa shape index (κ3) is 4.79. The van der Waals surface area contributed by atoms with Crippen LogP contribution in [-0.2, 0) is 0 Å². The van der Waals surface area contributed by atoms with Crippen molar-refractivity contribution in [3.8, 4) is 5.75 Å². The Morgan fingerprint density at radius 1 is 1.00 bits per heavy atom. The van der Waals surface area contributed by atoms with Crippen LogP contribution in [0, 0.1) is 0 Å². The van der Waals surface area contributed by atoms with Gasteiger partial charge in [0.2, 0.25) is 5.56 Å². The zero-order chi connectivity index (χ0) is 16.8. The number of H-pyrrole nitrogens is 1. The quantitative estimate of drug-likeness (QED) is 0.469. The highest BCUT2D eigenvalue weighted by Crippen LogP contribution is 2.22. The molecule has 3 rings (SSSR count). The van der Waals surface area contributed by atoms with E-state index >= 15 is 0 Å². The fraction of sp³-hybridized carbons (Fsp3) is 0.211. The third-order valence-electron chi connectivity index (χ3n) is 3.58. The average molecular weight is 360 g/mol. The lowest BCUT2D eigenvalue weighted by Crippen LogP contribution is -2.02. The van der Waals surface area contributed by atoms with Crippen LogP contribution >= 0.6 is 23.4 Å². The van der Waals surface area contributed by atoms with Crippen molar-refractivity contribution in [2.45, 2.75) is 17.7 Å². The molecule has 1 heterocycles. The Bertz CT molecular complexity index is 861. The number of halogens is 1. The topological polar surface area (TPSA) is 42.1 Å². The number of thioether (sulfide) groups is 1. The van der Waals surface area contributed by atoms with Crippen molar-refractivity contribution in [1.82, 2.24) is 4.98 Å². The lowest BCUT2D eigenvalue weighted by molar-refractivity contribution is 0.310. The first kappa shape index (κ1) is 16.9. The van der Waals surface area contributed by atoms with Crippen LogP contribution in [0.2, 0.25) is 5.02 Å². The maximum Gasteiger partial charge on any atom is 0.248 e. The summed E-state index contributed by atoms with van der Waals surface area (Å²) in [5, 5.41) is 1.75. The summed E-state index contributed by atoms with van der Waals surface area (Å²) in [7, 11) is 0. The Morgan fingerprint density at radius 2 is 1.83 bits per heavy atom. The van der Waals surface area contributed by atoms with Crippen LogP contribution in [0.1, 0.15) is 12.8 Å². The van der Waals surface area contributed by atoms with Crippen molar-refractivity contribution in [3.63, 3.8) is 0 Å². The fourth-order valence-electron chi connectivity index (χ4n) is 2.34. The fourth-order valence-corrected chi connectivity index (χ4v) is 3.38. The first-order valence-corrected chi connectivity index (χ1v) is 9.21. The molecular weight excluding hydrogens is 342 g/mol. The molecule has 1 aromatic heterocycles. The van der Waals surface area contributed by atoms with Crippen LogP contribution in [0.15, 0.2) is 64.3 Å². The highest BCUT2D eigenvalue weighted by molar-refractivity contribution is 7.99. The maximum absolute atomic E-state index is 11.3. The maximum atomic E-state index is 11.3. The predicted molar refractivity (Wildman–Crippen MR) is 101 cm³/mol. The van der Waals surface area contributed by atoms with Gasteiger partial charge in [0.1, 0.15) is 5.75 Å². The summed E-state index contributed by atoms with van der Waals surface area (Å²) >= 11 is 7.70. The molecular formula is C19H18ClNO2S. The van der Waals surface area contributed by atoms with Gasteiger partial charge in [0, 0.05) is 26.9 Å². The van der Waals surface area contributed by atoms with E-state index in [0.717, 1.165) is 40.3 Å². The van der Waals surface area contributed by atoms with Crippen molar-refractivity contribution >= 4 is 34.3 Å². The number of nitrogens with one attached hydrogen (secondary N) is 1. The summed E-state index contributed by atoms with van der Waals surface area (Å²) in [5.41, 5.74) is 0.739. The monoisotopic (exact) mass is 359 g/mol. The van der Waals surface area contributed by atoms with E-state index in [1.54, 1.807) is 0 Å². The van der Waals surface area contributed by atoms with Crippen LogP contribution in [0.5, 0.6) is 5.75 Å². The molecule has 0 amide bonds. The number of hydrogen-bond donors (Lipinski definition) is 1. The molecule has 24 heavy (non-hydrogen) atoms. The van der Waals surface area contributed by atoms with E-state index in [1.165, 1.54) is 11.0 Å². The number of aromatic amines is 1. The van der Waals surface area contributed by atoms with Crippen molar-refractivity contribution in [1.29, 1.82) is 0 Å². The lowest BCUT2D eigenvalue weighted by Gasteiger charge is -2.07. The number of pyridine rings is 1. The molecule has 0 fully saturated rings. The van der Waals surface area contributed by atoms with Crippen LogP contribution in [0.4, 0.5) is 0 Å². The van der Waals surface area contributed by atoms with Gasteiger partial charge in [0.05, 0.1) is 6.61 Å². The molecule has 0 radical (unpaired) electrons. The first-order chi connectivity index (χ1) is 11.7. The molecule has 124 valence electrons. The number of rotatable bonds is 7. The number of benzene rings is 2. The van der Waals surface area contributed by atoms with E-state index in [-0.39, 0.29) is 5.56 Å². The van der Waals surface area contributed by atoms with Gasteiger partial charge in [-0.25, -0.2) is 0 Å². The summed E-state index contributed by atoms with van der Waals surface area (Å²) in [6.07, 6.45) is 2.10. The van der Waals surface area contributed by atoms with E-state index < -0.39 is 0 Å². The molecule has 3 aromatic rings. The molecule has 0 unspecified atom stereocenters. The van der Waals surface area contributed by atoms with Gasteiger partial charge in [-0.05, 0) is 67.1 Å². The number of hydrogen-bond acceptors (Lipinski definition) is 3. The number of unbranched alkanes of at least 4 members (excludes halogenated alkanes) is 1. The SMILES string of the molecule is O=c1ccc2cc(OCCCCSc3ccc(Cl)cc3)ccc2[nH]1. The third-order valence-corrected chi connectivity index (χ3v) is 4.94. The molecule has 2 aromatic carbocycles. The van der Waals surface area contributed by atoms with Gasteiger partial charge in [0.15, 0.2) is 0 Å². The highest BCUT2D eigenvalue weighted by Gasteiger charge is 1.99. The molecule has 0 aliphatic carbocycles. The molecule has 3 nitrogen and oxygen atoms in total. The standard InChI is InChI=1S/C19H18ClNO2S/c20-15-4-7-17(8-5-15)24-12-2-1-11-23-16-6-9-18-14(13-16)3-10-19(22)21-18/h3-10,13H,1-2,11-12H2,(H,21,22). The largest absolute Gasteiger partial charge is 0.494 e.